The molecule has 0 saturated carbocycles. The summed E-state index contributed by atoms with van der Waals surface area (Å²) in [7, 11) is 1.44. The highest BCUT2D eigenvalue weighted by molar-refractivity contribution is 6.39. The Kier molecular flexibility index (Phi) is 5.47. The molecule has 0 bridgehead atoms. The number of hydrogen-bond donors (Lipinski definition) is 3. The summed E-state index contributed by atoms with van der Waals surface area (Å²) in [5.74, 6) is -1.58. The number of carbonyl (C=O) groups excluding carboxylic acids is 2. The molecule has 19 heavy (non-hydrogen) atoms. The van der Waals surface area contributed by atoms with E-state index >= 15 is 0 Å². The van der Waals surface area contributed by atoms with Crippen LogP contribution >= 0.6 is 0 Å². The van der Waals surface area contributed by atoms with Crippen LogP contribution in [-0.2, 0) is 14.3 Å². The summed E-state index contributed by atoms with van der Waals surface area (Å²) in [6.45, 7) is 1.50. The number of benzene rings is 1. The Morgan fingerprint density at radius 1 is 1.26 bits per heavy atom. The highest BCUT2D eigenvalue weighted by atomic mass is 16.5. The molecular formula is C13H18N2O4. The second kappa shape index (κ2) is 6.86. The van der Waals surface area contributed by atoms with Crippen molar-refractivity contribution in [1.29, 1.82) is 0 Å². The van der Waals surface area contributed by atoms with E-state index in [2.05, 4.69) is 10.6 Å². The van der Waals surface area contributed by atoms with E-state index in [1.807, 2.05) is 0 Å². The van der Waals surface area contributed by atoms with Crippen molar-refractivity contribution in [2.75, 3.05) is 25.6 Å². The van der Waals surface area contributed by atoms with Gasteiger partial charge in [0.05, 0.1) is 6.61 Å². The second-order valence-electron chi connectivity index (χ2n) is 4.43. The highest BCUT2D eigenvalue weighted by Gasteiger charge is 2.23. The topological polar surface area (TPSA) is 87.7 Å². The Morgan fingerprint density at radius 3 is 2.47 bits per heavy atom. The molecule has 6 heteroatoms. The van der Waals surface area contributed by atoms with Gasteiger partial charge in [0.2, 0.25) is 0 Å². The quantitative estimate of drug-likeness (QED) is 0.661. The third-order valence-electron chi connectivity index (χ3n) is 2.32. The minimum Gasteiger partial charge on any atom is -0.386 e. The zero-order valence-corrected chi connectivity index (χ0v) is 11.0. The third-order valence-corrected chi connectivity index (χ3v) is 2.32. The van der Waals surface area contributed by atoms with Gasteiger partial charge in [0.1, 0.15) is 5.60 Å². The molecule has 1 atom stereocenters. The first-order valence-electron chi connectivity index (χ1n) is 5.80. The van der Waals surface area contributed by atoms with Gasteiger partial charge in [-0.2, -0.15) is 0 Å². The Hall–Kier alpha value is -1.92. The lowest BCUT2D eigenvalue weighted by molar-refractivity contribution is -0.137. The number of nitrogens with one attached hydrogen (secondary N) is 2. The lowest BCUT2D eigenvalue weighted by Gasteiger charge is -2.22. The molecule has 0 radical (unpaired) electrons. The van der Waals surface area contributed by atoms with Crippen LogP contribution in [-0.4, -0.2) is 42.8 Å². The van der Waals surface area contributed by atoms with Gasteiger partial charge in [-0.05, 0) is 19.1 Å². The zero-order chi connectivity index (χ0) is 14.3. The molecule has 0 fully saturated rings. The average molecular weight is 266 g/mol. The van der Waals surface area contributed by atoms with E-state index < -0.39 is 17.4 Å². The van der Waals surface area contributed by atoms with Gasteiger partial charge in [-0.3, -0.25) is 9.59 Å². The smallest absolute Gasteiger partial charge is 0.313 e. The molecule has 0 aliphatic heterocycles. The molecule has 1 aromatic carbocycles. The molecule has 1 rings (SSSR count). The van der Waals surface area contributed by atoms with Crippen LogP contribution in [0.15, 0.2) is 30.3 Å². The van der Waals surface area contributed by atoms with E-state index in [1.54, 1.807) is 30.3 Å². The van der Waals surface area contributed by atoms with Crippen LogP contribution < -0.4 is 10.6 Å². The van der Waals surface area contributed by atoms with Crippen molar-refractivity contribution in [2.45, 2.75) is 12.5 Å². The molecular weight excluding hydrogens is 248 g/mol. The summed E-state index contributed by atoms with van der Waals surface area (Å²) in [5, 5.41) is 14.6. The summed E-state index contributed by atoms with van der Waals surface area (Å²) in [6, 6.07) is 8.64. The van der Waals surface area contributed by atoms with Crippen LogP contribution in [0, 0.1) is 0 Å². The number of aliphatic hydroxyl groups is 1. The molecule has 0 saturated heterocycles. The van der Waals surface area contributed by atoms with E-state index in [0.717, 1.165) is 0 Å². The zero-order valence-electron chi connectivity index (χ0n) is 11.0. The first kappa shape index (κ1) is 15.1. The van der Waals surface area contributed by atoms with Gasteiger partial charge in [0.25, 0.3) is 0 Å². The van der Waals surface area contributed by atoms with Gasteiger partial charge in [0.15, 0.2) is 0 Å². The summed E-state index contributed by atoms with van der Waals surface area (Å²) in [6.07, 6.45) is 0. The second-order valence-corrected chi connectivity index (χ2v) is 4.43. The number of amides is 2. The molecule has 6 nitrogen and oxygen atoms in total. The standard InChI is InChI=1S/C13H18N2O4/c1-13(18,9-19-2)8-14-11(16)12(17)15-10-6-4-3-5-7-10/h3-7,18H,8-9H2,1-2H3,(H,14,16)(H,15,17)/t13-/m0/s1. The molecule has 0 heterocycles. The van der Waals surface area contributed by atoms with E-state index in [1.165, 1.54) is 14.0 Å². The third kappa shape index (κ3) is 5.50. The van der Waals surface area contributed by atoms with Gasteiger partial charge >= 0.3 is 11.8 Å². The van der Waals surface area contributed by atoms with Crippen LogP contribution in [0.1, 0.15) is 6.92 Å². The average Bonchev–Trinajstić information content (AvgIpc) is 2.37. The Morgan fingerprint density at radius 2 is 1.89 bits per heavy atom. The molecule has 2 amide bonds. The maximum Gasteiger partial charge on any atom is 0.313 e. The fourth-order valence-corrected chi connectivity index (χ4v) is 1.42. The van der Waals surface area contributed by atoms with Gasteiger partial charge in [0, 0.05) is 19.3 Å². The predicted octanol–water partition coefficient (Wildman–Crippen LogP) is 0.139. The molecule has 1 aromatic rings. The van der Waals surface area contributed by atoms with Crippen LogP contribution in [0.3, 0.4) is 0 Å². The molecule has 0 aliphatic rings. The Labute approximate surface area is 111 Å². The lowest BCUT2D eigenvalue weighted by atomic mass is 10.1. The van der Waals surface area contributed by atoms with Crippen LogP contribution in [0.2, 0.25) is 0 Å². The summed E-state index contributed by atoms with van der Waals surface area (Å²) >= 11 is 0. The van der Waals surface area contributed by atoms with Crippen molar-refractivity contribution in [2.24, 2.45) is 0 Å². The van der Waals surface area contributed by atoms with E-state index in [4.69, 9.17) is 4.74 Å². The number of hydrogen-bond acceptors (Lipinski definition) is 4. The largest absolute Gasteiger partial charge is 0.386 e. The maximum absolute atomic E-state index is 11.6. The van der Waals surface area contributed by atoms with Crippen molar-refractivity contribution < 1.29 is 19.4 Å². The highest BCUT2D eigenvalue weighted by Crippen LogP contribution is 2.05. The van der Waals surface area contributed by atoms with Crippen molar-refractivity contribution >= 4 is 17.5 Å². The van der Waals surface area contributed by atoms with Crippen molar-refractivity contribution in [3.05, 3.63) is 30.3 Å². The van der Waals surface area contributed by atoms with E-state index in [-0.39, 0.29) is 13.2 Å². The van der Waals surface area contributed by atoms with Crippen molar-refractivity contribution in [3.63, 3.8) is 0 Å². The minimum absolute atomic E-state index is 0.0631. The van der Waals surface area contributed by atoms with Crippen LogP contribution in [0.25, 0.3) is 0 Å². The van der Waals surface area contributed by atoms with Gasteiger partial charge < -0.3 is 20.5 Å². The molecule has 104 valence electrons. The predicted molar refractivity (Wildman–Crippen MR) is 70.6 cm³/mol. The van der Waals surface area contributed by atoms with Gasteiger partial charge in [-0.15, -0.1) is 0 Å². The number of methoxy groups -OCH3 is 1. The minimum atomic E-state index is -1.21. The number of anilines is 1. The van der Waals surface area contributed by atoms with E-state index in [0.29, 0.717) is 5.69 Å². The van der Waals surface area contributed by atoms with E-state index in [9.17, 15) is 14.7 Å². The number of carbonyl (C=O) groups is 2. The van der Waals surface area contributed by atoms with Crippen molar-refractivity contribution in [1.82, 2.24) is 5.32 Å². The lowest BCUT2D eigenvalue weighted by Crippen LogP contribution is -2.46. The Bertz CT molecular complexity index is 432. The van der Waals surface area contributed by atoms with Crippen LogP contribution in [0.4, 0.5) is 5.69 Å². The fourth-order valence-electron chi connectivity index (χ4n) is 1.42. The normalized spacial score (nSPS) is 13.4. The Balaban J connectivity index is 2.44. The number of ether oxygens (including phenoxy) is 1. The molecule has 0 unspecified atom stereocenters. The first-order valence-corrected chi connectivity index (χ1v) is 5.80. The maximum atomic E-state index is 11.6. The van der Waals surface area contributed by atoms with Gasteiger partial charge in [-0.1, -0.05) is 18.2 Å². The summed E-state index contributed by atoms with van der Waals surface area (Å²) in [4.78, 5) is 23.1. The van der Waals surface area contributed by atoms with Crippen LogP contribution in [0.5, 0.6) is 0 Å². The molecule has 0 aliphatic carbocycles. The molecule has 0 aromatic heterocycles. The monoisotopic (exact) mass is 266 g/mol. The van der Waals surface area contributed by atoms with Gasteiger partial charge in [-0.25, -0.2) is 0 Å². The number of para-hydroxylation sites is 1. The number of rotatable bonds is 5. The fraction of sp³-hybridized carbons (Fsp3) is 0.385. The first-order chi connectivity index (χ1) is 8.94. The molecule has 0 spiro atoms. The summed E-state index contributed by atoms with van der Waals surface area (Å²) < 4.78 is 4.79. The SMILES string of the molecule is COC[C@@](C)(O)CNC(=O)C(=O)Nc1ccccc1. The summed E-state index contributed by atoms with van der Waals surface area (Å²) in [5.41, 5.74) is -0.677. The van der Waals surface area contributed by atoms with Crippen molar-refractivity contribution in [3.8, 4) is 0 Å². The molecule has 3 N–H and O–H groups in total.